The average Bonchev–Trinajstić information content (AvgIpc) is 3.36. The highest BCUT2D eigenvalue weighted by atomic mass is 79.9. The van der Waals surface area contributed by atoms with Crippen molar-refractivity contribution in [2.45, 2.75) is 71.7 Å². The Balaban J connectivity index is 1.54. The van der Waals surface area contributed by atoms with Crippen LogP contribution in [-0.4, -0.2) is 36.9 Å². The minimum absolute atomic E-state index is 0.00224. The Bertz CT molecular complexity index is 1040. The molecule has 1 aromatic carbocycles. The molecule has 3 aliphatic rings. The second-order valence-corrected chi connectivity index (χ2v) is 12.2. The van der Waals surface area contributed by atoms with Gasteiger partial charge in [0.2, 0.25) is 0 Å². The molecule has 194 valence electrons. The molecule has 1 aliphatic heterocycles. The normalized spacial score (nSPS) is 29.2. The smallest absolute Gasteiger partial charge is 0.338 e. The van der Waals surface area contributed by atoms with E-state index in [-0.39, 0.29) is 41.0 Å². The van der Waals surface area contributed by atoms with E-state index in [1.807, 2.05) is 38.1 Å². The first-order chi connectivity index (χ1) is 17.1. The SMILES string of the molecule is CCC#CC[C@H](C)C(=O)/C(Br)=C/[C@H]1[C@H](OC(=O)c2ccccc2)CC2CC3(C[C@@H]21)OCC(C)(C)CO3. The third-order valence-electron chi connectivity index (χ3n) is 7.64. The summed E-state index contributed by atoms with van der Waals surface area (Å²) >= 11 is 3.56. The quantitative estimate of drug-likeness (QED) is 0.233. The van der Waals surface area contributed by atoms with Gasteiger partial charge in [-0.2, -0.15) is 0 Å². The van der Waals surface area contributed by atoms with Gasteiger partial charge in [-0.25, -0.2) is 4.79 Å². The molecular weight excluding hydrogens is 520 g/mol. The fourth-order valence-electron chi connectivity index (χ4n) is 5.64. The molecule has 6 heteroatoms. The Kier molecular flexibility index (Phi) is 8.44. The average molecular weight is 558 g/mol. The zero-order valence-corrected chi connectivity index (χ0v) is 23.3. The first-order valence-electron chi connectivity index (χ1n) is 13.0. The Morgan fingerprint density at radius 1 is 1.17 bits per heavy atom. The highest BCUT2D eigenvalue weighted by molar-refractivity contribution is 9.12. The lowest BCUT2D eigenvalue weighted by molar-refractivity contribution is -0.298. The van der Waals surface area contributed by atoms with Crippen LogP contribution >= 0.6 is 15.9 Å². The summed E-state index contributed by atoms with van der Waals surface area (Å²) in [6.07, 6.45) is 5.23. The Morgan fingerprint density at radius 3 is 2.53 bits per heavy atom. The lowest BCUT2D eigenvalue weighted by Crippen LogP contribution is -2.46. The number of carbonyl (C=O) groups excluding carboxylic acids is 2. The van der Waals surface area contributed by atoms with Crippen molar-refractivity contribution in [3.05, 3.63) is 46.5 Å². The molecule has 1 unspecified atom stereocenters. The van der Waals surface area contributed by atoms with Crippen molar-refractivity contribution in [3.8, 4) is 11.8 Å². The van der Waals surface area contributed by atoms with Crippen molar-refractivity contribution in [3.63, 3.8) is 0 Å². The number of fused-ring (bicyclic) bond motifs is 1. The van der Waals surface area contributed by atoms with Crippen molar-refractivity contribution in [2.24, 2.45) is 29.1 Å². The fourth-order valence-corrected chi connectivity index (χ4v) is 6.34. The summed E-state index contributed by atoms with van der Waals surface area (Å²) in [5.41, 5.74) is 0.538. The summed E-state index contributed by atoms with van der Waals surface area (Å²) < 4.78 is 19.2. The van der Waals surface area contributed by atoms with Gasteiger partial charge in [0.05, 0.1) is 23.3 Å². The van der Waals surface area contributed by atoms with Crippen LogP contribution in [0.1, 0.15) is 70.2 Å². The second-order valence-electron chi connectivity index (χ2n) is 11.3. The third-order valence-corrected chi connectivity index (χ3v) is 8.29. The van der Waals surface area contributed by atoms with E-state index in [0.29, 0.717) is 35.6 Å². The molecule has 3 fully saturated rings. The zero-order valence-electron chi connectivity index (χ0n) is 21.7. The van der Waals surface area contributed by atoms with Crippen LogP contribution in [0.15, 0.2) is 40.9 Å². The Hall–Kier alpha value is -1.94. The van der Waals surface area contributed by atoms with Crippen molar-refractivity contribution in [1.29, 1.82) is 0 Å². The highest BCUT2D eigenvalue weighted by Crippen LogP contribution is 2.56. The van der Waals surface area contributed by atoms with E-state index in [0.717, 1.165) is 25.7 Å². The number of allylic oxidation sites excluding steroid dienone is 1. The molecule has 1 spiro atoms. The van der Waals surface area contributed by atoms with E-state index in [1.165, 1.54) is 0 Å². The van der Waals surface area contributed by atoms with E-state index < -0.39 is 5.79 Å². The van der Waals surface area contributed by atoms with Crippen molar-refractivity contribution >= 4 is 27.7 Å². The van der Waals surface area contributed by atoms with Crippen LogP contribution in [0.2, 0.25) is 0 Å². The molecule has 5 nitrogen and oxygen atoms in total. The number of hydrogen-bond acceptors (Lipinski definition) is 5. The molecule has 36 heavy (non-hydrogen) atoms. The first kappa shape index (κ1) is 27.1. The van der Waals surface area contributed by atoms with Crippen molar-refractivity contribution < 1.29 is 23.8 Å². The number of rotatable bonds is 6. The molecular formula is C30H37BrO5. The molecule has 1 heterocycles. The fraction of sp³-hybridized carbons (Fsp3) is 0.600. The number of ether oxygens (including phenoxy) is 3. The van der Waals surface area contributed by atoms with Crippen LogP contribution in [0.3, 0.4) is 0 Å². The summed E-state index contributed by atoms with van der Waals surface area (Å²) in [5.74, 6) is 5.42. The minimum atomic E-state index is -0.579. The van der Waals surface area contributed by atoms with E-state index >= 15 is 0 Å². The number of Topliss-reactive ketones (excluding diaryl/α,β-unsaturated/α-hetero) is 1. The van der Waals surface area contributed by atoms with Crippen LogP contribution in [-0.2, 0) is 19.0 Å². The van der Waals surface area contributed by atoms with Gasteiger partial charge in [0.15, 0.2) is 11.6 Å². The number of ketones is 1. The minimum Gasteiger partial charge on any atom is -0.458 e. The summed E-state index contributed by atoms with van der Waals surface area (Å²) in [6, 6.07) is 9.07. The maximum atomic E-state index is 13.1. The number of benzene rings is 1. The number of carbonyl (C=O) groups is 2. The lowest BCUT2D eigenvalue weighted by atomic mass is 9.89. The summed E-state index contributed by atoms with van der Waals surface area (Å²) in [4.78, 5) is 26.0. The third kappa shape index (κ3) is 6.13. The summed E-state index contributed by atoms with van der Waals surface area (Å²) in [6.45, 7) is 9.53. The van der Waals surface area contributed by atoms with Gasteiger partial charge in [0.25, 0.3) is 0 Å². The van der Waals surface area contributed by atoms with Gasteiger partial charge in [0.1, 0.15) is 6.10 Å². The summed E-state index contributed by atoms with van der Waals surface area (Å²) in [5, 5.41) is 0. The molecule has 1 aromatic rings. The van der Waals surface area contributed by atoms with Gasteiger partial charge in [-0.1, -0.05) is 52.0 Å². The first-order valence-corrected chi connectivity index (χ1v) is 13.8. The van der Waals surface area contributed by atoms with Crippen molar-refractivity contribution in [2.75, 3.05) is 13.2 Å². The van der Waals surface area contributed by atoms with Gasteiger partial charge in [-0.15, -0.1) is 11.8 Å². The van der Waals surface area contributed by atoms with Gasteiger partial charge in [0, 0.05) is 42.9 Å². The maximum absolute atomic E-state index is 13.1. The van der Waals surface area contributed by atoms with Crippen molar-refractivity contribution in [1.82, 2.24) is 0 Å². The van der Waals surface area contributed by atoms with Gasteiger partial charge >= 0.3 is 5.97 Å². The second kappa shape index (κ2) is 11.2. The Labute approximate surface area is 223 Å². The van der Waals surface area contributed by atoms with Crippen LogP contribution in [0, 0.1) is 40.9 Å². The van der Waals surface area contributed by atoms with E-state index in [4.69, 9.17) is 14.2 Å². The molecule has 0 N–H and O–H groups in total. The van der Waals surface area contributed by atoms with Crippen LogP contribution in [0.5, 0.6) is 0 Å². The molecule has 0 radical (unpaired) electrons. The molecule has 0 bridgehead atoms. The predicted octanol–water partition coefficient (Wildman–Crippen LogP) is 6.31. The van der Waals surface area contributed by atoms with Gasteiger partial charge in [-0.05, 0) is 46.3 Å². The Morgan fingerprint density at radius 2 is 1.86 bits per heavy atom. The molecule has 0 aromatic heterocycles. The molecule has 2 saturated carbocycles. The van der Waals surface area contributed by atoms with Crippen LogP contribution < -0.4 is 0 Å². The molecule has 1 saturated heterocycles. The molecule has 0 amide bonds. The maximum Gasteiger partial charge on any atom is 0.338 e. The molecule has 5 atom stereocenters. The number of esters is 1. The number of halogens is 1. The topological polar surface area (TPSA) is 61.8 Å². The van der Waals surface area contributed by atoms with E-state index in [1.54, 1.807) is 12.1 Å². The van der Waals surface area contributed by atoms with E-state index in [2.05, 4.69) is 41.6 Å². The summed E-state index contributed by atoms with van der Waals surface area (Å²) in [7, 11) is 0. The monoisotopic (exact) mass is 556 g/mol. The molecule has 4 rings (SSSR count). The van der Waals surface area contributed by atoms with E-state index in [9.17, 15) is 9.59 Å². The zero-order chi connectivity index (χ0) is 25.9. The predicted molar refractivity (Wildman–Crippen MR) is 142 cm³/mol. The van der Waals surface area contributed by atoms with Crippen LogP contribution in [0.25, 0.3) is 0 Å². The molecule has 2 aliphatic carbocycles. The standard InChI is InChI=1S/C30H37BrO5/c1-5-6-8-11-20(2)27(32)25(31)15-23-24-17-30(34-18-29(3,4)19-35-30)16-22(24)14-26(23)36-28(33)21-12-9-7-10-13-21/h7,9-10,12-13,15,20,22-24,26H,5,11,14,16-19H2,1-4H3/b25-15-/t20-,22?,23+,24-,26+/m0/s1. The van der Waals surface area contributed by atoms with Crippen LogP contribution in [0.4, 0.5) is 0 Å². The number of hydrogen-bond donors (Lipinski definition) is 0. The highest BCUT2D eigenvalue weighted by Gasteiger charge is 2.57. The van der Waals surface area contributed by atoms with Gasteiger partial charge in [-0.3, -0.25) is 4.79 Å². The van der Waals surface area contributed by atoms with Gasteiger partial charge < -0.3 is 14.2 Å². The largest absolute Gasteiger partial charge is 0.458 e. The lowest BCUT2D eigenvalue weighted by Gasteiger charge is -2.42.